The Labute approximate surface area is 146 Å². The van der Waals surface area contributed by atoms with E-state index in [0.717, 1.165) is 16.4 Å². The first-order valence-corrected chi connectivity index (χ1v) is 8.68. The molecule has 1 fully saturated rings. The number of carbonyl (C=O) groups excluding carboxylic acids is 1. The highest BCUT2D eigenvalue weighted by Gasteiger charge is 2.42. The number of carbonyl (C=O) groups is 1. The molecule has 25 heavy (non-hydrogen) atoms. The predicted molar refractivity (Wildman–Crippen MR) is 85.8 cm³/mol. The standard InChI is InChI=1S/C16H20F3NO4S/c1-10(11-5-7-12(8-6-11)16(17,18)19)13-9-23-25(22)20(13)14(21)24-15(2,3)4/h5-8,10,13H,9H2,1-4H3/t10-,13+,25?/m0/s1. The van der Waals surface area contributed by atoms with Crippen LogP contribution in [0.3, 0.4) is 0 Å². The maximum Gasteiger partial charge on any atom is 0.424 e. The van der Waals surface area contributed by atoms with Crippen molar-refractivity contribution in [3.63, 3.8) is 0 Å². The van der Waals surface area contributed by atoms with Crippen LogP contribution in [0.1, 0.15) is 44.7 Å². The zero-order chi connectivity index (χ0) is 19.0. The molecule has 0 saturated carbocycles. The fourth-order valence-corrected chi connectivity index (χ4v) is 3.40. The van der Waals surface area contributed by atoms with Crippen LogP contribution < -0.4 is 0 Å². The van der Waals surface area contributed by atoms with Crippen molar-refractivity contribution in [2.75, 3.05) is 6.61 Å². The number of ether oxygens (including phenoxy) is 1. The van der Waals surface area contributed by atoms with E-state index >= 15 is 0 Å². The van der Waals surface area contributed by atoms with Crippen LogP contribution in [0.25, 0.3) is 0 Å². The third-order valence-corrected chi connectivity index (χ3v) is 4.79. The summed E-state index contributed by atoms with van der Waals surface area (Å²) in [6.07, 6.45) is -5.20. The number of rotatable bonds is 2. The summed E-state index contributed by atoms with van der Waals surface area (Å²) in [5.41, 5.74) is -0.945. The molecule has 0 bridgehead atoms. The van der Waals surface area contributed by atoms with Gasteiger partial charge in [-0.15, -0.1) is 0 Å². The minimum Gasteiger partial charge on any atom is -0.443 e. The Balaban J connectivity index is 2.20. The van der Waals surface area contributed by atoms with Crippen LogP contribution in [0.4, 0.5) is 18.0 Å². The zero-order valence-electron chi connectivity index (χ0n) is 14.3. The number of hydrogen-bond donors (Lipinski definition) is 0. The van der Waals surface area contributed by atoms with Gasteiger partial charge in [0.2, 0.25) is 0 Å². The highest BCUT2D eigenvalue weighted by molar-refractivity contribution is 7.78. The van der Waals surface area contributed by atoms with Gasteiger partial charge in [-0.25, -0.2) is 9.00 Å². The van der Waals surface area contributed by atoms with Gasteiger partial charge in [0.1, 0.15) is 5.60 Å². The fourth-order valence-electron chi connectivity index (χ4n) is 2.41. The Morgan fingerprint density at radius 3 is 2.32 bits per heavy atom. The highest BCUT2D eigenvalue weighted by Crippen LogP contribution is 2.33. The highest BCUT2D eigenvalue weighted by atomic mass is 32.2. The maximum atomic E-state index is 12.7. The van der Waals surface area contributed by atoms with E-state index in [2.05, 4.69) is 0 Å². The molecule has 1 saturated heterocycles. The second kappa shape index (κ2) is 6.95. The summed E-state index contributed by atoms with van der Waals surface area (Å²) >= 11 is -1.99. The van der Waals surface area contributed by atoms with Crippen molar-refractivity contribution < 1.29 is 31.1 Å². The molecule has 0 spiro atoms. The third-order valence-electron chi connectivity index (χ3n) is 3.72. The van der Waals surface area contributed by atoms with Crippen LogP contribution in [0.5, 0.6) is 0 Å². The van der Waals surface area contributed by atoms with E-state index < -0.39 is 40.7 Å². The molecule has 3 atom stereocenters. The minimum absolute atomic E-state index is 0.00798. The Hall–Kier alpha value is -1.61. The summed E-state index contributed by atoms with van der Waals surface area (Å²) in [4.78, 5) is 12.3. The molecular weight excluding hydrogens is 359 g/mol. The summed E-state index contributed by atoms with van der Waals surface area (Å²) in [6.45, 7) is 6.78. The van der Waals surface area contributed by atoms with E-state index in [1.165, 1.54) is 12.1 Å². The lowest BCUT2D eigenvalue weighted by Crippen LogP contribution is -2.43. The van der Waals surface area contributed by atoms with E-state index in [4.69, 9.17) is 8.92 Å². The Morgan fingerprint density at radius 1 is 1.28 bits per heavy atom. The van der Waals surface area contributed by atoms with Crippen LogP contribution in [-0.2, 0) is 26.4 Å². The predicted octanol–water partition coefficient (Wildman–Crippen LogP) is 4.02. The molecular formula is C16H20F3NO4S. The second-order valence-electron chi connectivity index (χ2n) is 6.78. The number of nitrogens with zero attached hydrogens (tertiary/aromatic N) is 1. The van der Waals surface area contributed by atoms with Gasteiger partial charge in [0.05, 0.1) is 18.2 Å². The van der Waals surface area contributed by atoms with Gasteiger partial charge in [0, 0.05) is 5.92 Å². The number of benzene rings is 1. The molecule has 2 rings (SSSR count). The molecule has 1 aliphatic heterocycles. The molecule has 0 aliphatic carbocycles. The Bertz CT molecular complexity index is 655. The topological polar surface area (TPSA) is 55.8 Å². The van der Waals surface area contributed by atoms with E-state index in [1.807, 2.05) is 0 Å². The third kappa shape index (κ3) is 4.72. The van der Waals surface area contributed by atoms with E-state index in [1.54, 1.807) is 27.7 Å². The maximum absolute atomic E-state index is 12.7. The van der Waals surface area contributed by atoms with Gasteiger partial charge in [-0.1, -0.05) is 19.1 Å². The Morgan fingerprint density at radius 2 is 1.84 bits per heavy atom. The monoisotopic (exact) mass is 379 g/mol. The molecule has 1 amide bonds. The second-order valence-corrected chi connectivity index (χ2v) is 7.85. The molecule has 1 aromatic rings. The summed E-state index contributed by atoms with van der Waals surface area (Å²) < 4.78 is 61.3. The van der Waals surface area contributed by atoms with Crippen molar-refractivity contribution in [3.8, 4) is 0 Å². The van der Waals surface area contributed by atoms with E-state index in [-0.39, 0.29) is 12.5 Å². The molecule has 9 heteroatoms. The first-order chi connectivity index (χ1) is 11.4. The number of hydrogen-bond acceptors (Lipinski definition) is 4. The molecule has 5 nitrogen and oxygen atoms in total. The molecule has 1 aromatic carbocycles. The molecule has 1 heterocycles. The van der Waals surface area contributed by atoms with Gasteiger partial charge in [-0.05, 0) is 38.5 Å². The minimum atomic E-state index is -4.41. The molecule has 1 unspecified atom stereocenters. The van der Waals surface area contributed by atoms with Gasteiger partial charge in [-0.2, -0.15) is 17.5 Å². The van der Waals surface area contributed by atoms with Gasteiger partial charge in [-0.3, -0.25) is 4.18 Å². The van der Waals surface area contributed by atoms with Gasteiger partial charge >= 0.3 is 12.3 Å². The summed E-state index contributed by atoms with van der Waals surface area (Å²) in [5, 5.41) is 0. The molecule has 1 aliphatic rings. The fraction of sp³-hybridized carbons (Fsp3) is 0.562. The Kier molecular flexibility index (Phi) is 5.48. The van der Waals surface area contributed by atoms with Gasteiger partial charge in [0.25, 0.3) is 11.3 Å². The molecule has 140 valence electrons. The molecule has 0 radical (unpaired) electrons. The number of alkyl halides is 3. The average Bonchev–Trinajstić information content (AvgIpc) is 2.86. The van der Waals surface area contributed by atoms with Crippen molar-refractivity contribution in [2.45, 2.75) is 51.4 Å². The lowest BCUT2D eigenvalue weighted by molar-refractivity contribution is -0.137. The van der Waals surface area contributed by atoms with Crippen molar-refractivity contribution >= 4 is 17.4 Å². The summed E-state index contributed by atoms with van der Waals surface area (Å²) in [7, 11) is 0. The van der Waals surface area contributed by atoms with Crippen LogP contribution in [0.15, 0.2) is 24.3 Å². The number of halogens is 3. The molecule has 0 N–H and O–H groups in total. The normalized spacial score (nSPS) is 22.8. The van der Waals surface area contributed by atoms with Crippen molar-refractivity contribution in [3.05, 3.63) is 35.4 Å². The van der Waals surface area contributed by atoms with Gasteiger partial charge in [0.15, 0.2) is 0 Å². The number of amides is 1. The van der Waals surface area contributed by atoms with Crippen molar-refractivity contribution in [2.24, 2.45) is 0 Å². The smallest absolute Gasteiger partial charge is 0.424 e. The van der Waals surface area contributed by atoms with Crippen molar-refractivity contribution in [1.29, 1.82) is 0 Å². The summed E-state index contributed by atoms with van der Waals surface area (Å²) in [6, 6.07) is 4.06. The first kappa shape index (κ1) is 19.7. The van der Waals surface area contributed by atoms with E-state index in [0.29, 0.717) is 5.56 Å². The average molecular weight is 379 g/mol. The quantitative estimate of drug-likeness (QED) is 0.779. The largest absolute Gasteiger partial charge is 0.443 e. The van der Waals surface area contributed by atoms with Crippen LogP contribution >= 0.6 is 0 Å². The van der Waals surface area contributed by atoms with Gasteiger partial charge < -0.3 is 4.74 Å². The molecule has 0 aromatic heterocycles. The summed E-state index contributed by atoms with van der Waals surface area (Å²) in [5.74, 6) is -0.388. The lowest BCUT2D eigenvalue weighted by atomic mass is 9.93. The SMILES string of the molecule is C[C@@H](c1ccc(C(F)(F)F)cc1)[C@H]1COS(=O)N1C(=O)OC(C)(C)C. The first-order valence-electron chi connectivity index (χ1n) is 7.64. The van der Waals surface area contributed by atoms with Crippen LogP contribution in [0, 0.1) is 0 Å². The van der Waals surface area contributed by atoms with E-state index in [9.17, 15) is 22.2 Å². The van der Waals surface area contributed by atoms with Crippen LogP contribution in [-0.4, -0.2) is 32.9 Å². The lowest BCUT2D eigenvalue weighted by Gasteiger charge is -2.28. The zero-order valence-corrected chi connectivity index (χ0v) is 15.1. The van der Waals surface area contributed by atoms with Crippen molar-refractivity contribution in [1.82, 2.24) is 4.31 Å². The van der Waals surface area contributed by atoms with Crippen LogP contribution in [0.2, 0.25) is 0 Å².